The molecule has 1 saturated carbocycles. The van der Waals surface area contributed by atoms with Crippen LogP contribution < -0.4 is 0 Å². The lowest BCUT2D eigenvalue weighted by Gasteiger charge is -2.18. The van der Waals surface area contributed by atoms with E-state index in [1.807, 2.05) is 18.2 Å². The zero-order valence-corrected chi connectivity index (χ0v) is 21.9. The fraction of sp³-hybridized carbons (Fsp3) is 0.407. The Labute approximate surface area is 218 Å². The number of alkyl halides is 4. The van der Waals surface area contributed by atoms with E-state index in [-0.39, 0.29) is 11.6 Å². The van der Waals surface area contributed by atoms with Crippen LogP contribution in [-0.4, -0.2) is 46.0 Å². The normalized spacial score (nSPS) is 19.2. The SMILES string of the molecule is CC(C)=C(Sc1cc(CC(C2=CC(/C=N/C3CC3)=C(C)C(F)C=N2)c2nnc[nH]2)ccc1C)C(F)(F)F. The van der Waals surface area contributed by atoms with Crippen LogP contribution in [0.4, 0.5) is 17.6 Å². The summed E-state index contributed by atoms with van der Waals surface area (Å²) in [5.41, 5.74) is 3.52. The molecule has 1 aliphatic carbocycles. The van der Waals surface area contributed by atoms with E-state index in [0.29, 0.717) is 34.0 Å². The minimum Gasteiger partial charge on any atom is -0.331 e. The van der Waals surface area contributed by atoms with Gasteiger partial charge in [0.05, 0.1) is 22.6 Å². The lowest BCUT2D eigenvalue weighted by molar-refractivity contribution is -0.0843. The molecular formula is C27H29F4N5S. The van der Waals surface area contributed by atoms with Crippen molar-refractivity contribution < 1.29 is 17.6 Å². The Morgan fingerprint density at radius 3 is 2.62 bits per heavy atom. The molecule has 1 aromatic carbocycles. The highest BCUT2D eigenvalue weighted by atomic mass is 32.2. The number of aromatic nitrogens is 3. The average molecular weight is 532 g/mol. The van der Waals surface area contributed by atoms with Gasteiger partial charge in [-0.3, -0.25) is 9.98 Å². The van der Waals surface area contributed by atoms with Gasteiger partial charge in [-0.25, -0.2) is 4.39 Å². The number of thioether (sulfide) groups is 1. The summed E-state index contributed by atoms with van der Waals surface area (Å²) in [6, 6.07) is 5.76. The molecule has 1 N–H and O–H groups in total. The summed E-state index contributed by atoms with van der Waals surface area (Å²) in [7, 11) is 0. The Hall–Kier alpha value is -3.01. The largest absolute Gasteiger partial charge is 0.422 e. The molecule has 1 aliphatic heterocycles. The van der Waals surface area contributed by atoms with E-state index in [1.54, 1.807) is 26.1 Å². The van der Waals surface area contributed by atoms with Crippen LogP contribution in [0.3, 0.4) is 0 Å². The molecule has 2 atom stereocenters. The zero-order valence-electron chi connectivity index (χ0n) is 21.1. The molecule has 5 nitrogen and oxygen atoms in total. The smallest absolute Gasteiger partial charge is 0.331 e. The molecule has 2 aliphatic rings. The van der Waals surface area contributed by atoms with Gasteiger partial charge >= 0.3 is 6.18 Å². The van der Waals surface area contributed by atoms with Gasteiger partial charge in [-0.15, -0.1) is 10.2 Å². The van der Waals surface area contributed by atoms with Gasteiger partial charge < -0.3 is 4.98 Å². The fourth-order valence-corrected chi connectivity index (χ4v) is 4.85. The summed E-state index contributed by atoms with van der Waals surface area (Å²) in [5.74, 6) is 0.110. The Kier molecular flexibility index (Phi) is 8.16. The number of nitrogens with one attached hydrogen (secondary N) is 1. The maximum absolute atomic E-state index is 14.8. The van der Waals surface area contributed by atoms with Gasteiger partial charge in [0.15, 0.2) is 6.17 Å². The van der Waals surface area contributed by atoms with Gasteiger partial charge in [-0.2, -0.15) is 13.2 Å². The molecule has 2 aromatic rings. The van der Waals surface area contributed by atoms with E-state index in [2.05, 4.69) is 25.2 Å². The molecule has 37 heavy (non-hydrogen) atoms. The number of halogens is 4. The molecule has 0 radical (unpaired) electrons. The third kappa shape index (κ3) is 6.85. The van der Waals surface area contributed by atoms with Gasteiger partial charge in [0.1, 0.15) is 12.2 Å². The molecule has 0 spiro atoms. The van der Waals surface area contributed by atoms with E-state index in [4.69, 9.17) is 0 Å². The summed E-state index contributed by atoms with van der Waals surface area (Å²) >= 11 is 0.724. The number of H-pyrrole nitrogens is 1. The summed E-state index contributed by atoms with van der Waals surface area (Å²) in [6.45, 7) is 6.43. The topological polar surface area (TPSA) is 66.3 Å². The maximum Gasteiger partial charge on any atom is 0.422 e. The first-order chi connectivity index (χ1) is 17.5. The Bertz CT molecular complexity index is 1280. The quantitative estimate of drug-likeness (QED) is 0.222. The van der Waals surface area contributed by atoms with Crippen LogP contribution >= 0.6 is 11.8 Å². The van der Waals surface area contributed by atoms with Crippen molar-refractivity contribution in [2.24, 2.45) is 9.98 Å². The first-order valence-electron chi connectivity index (χ1n) is 12.0. The van der Waals surface area contributed by atoms with Gasteiger partial charge in [-0.1, -0.05) is 29.5 Å². The number of benzene rings is 1. The van der Waals surface area contributed by atoms with Crippen molar-refractivity contribution in [2.75, 3.05) is 0 Å². The second-order valence-corrected chi connectivity index (χ2v) is 10.6. The molecule has 1 aromatic heterocycles. The van der Waals surface area contributed by atoms with E-state index >= 15 is 0 Å². The van der Waals surface area contributed by atoms with Crippen LogP contribution in [0.15, 0.2) is 72.8 Å². The van der Waals surface area contributed by atoms with Gasteiger partial charge in [-0.05, 0) is 81.4 Å². The Balaban J connectivity index is 1.69. The minimum atomic E-state index is -4.43. The molecule has 2 heterocycles. The third-order valence-corrected chi connectivity index (χ3v) is 7.74. The van der Waals surface area contributed by atoms with Crippen molar-refractivity contribution in [3.63, 3.8) is 0 Å². The van der Waals surface area contributed by atoms with Crippen molar-refractivity contribution in [3.05, 3.63) is 74.9 Å². The lowest BCUT2D eigenvalue weighted by Crippen LogP contribution is -2.11. The zero-order chi connectivity index (χ0) is 26.7. The van der Waals surface area contributed by atoms with Gasteiger partial charge in [0.25, 0.3) is 0 Å². The molecule has 1 fully saturated rings. The second kappa shape index (κ2) is 11.2. The number of hydrogen-bond acceptors (Lipinski definition) is 5. The summed E-state index contributed by atoms with van der Waals surface area (Å²) in [6.07, 6.45) is 2.92. The van der Waals surface area contributed by atoms with Gasteiger partial charge in [0, 0.05) is 17.3 Å². The first-order valence-corrected chi connectivity index (χ1v) is 12.9. The summed E-state index contributed by atoms with van der Waals surface area (Å²) in [4.78, 5) is 11.9. The Morgan fingerprint density at radius 1 is 1.24 bits per heavy atom. The third-order valence-electron chi connectivity index (χ3n) is 6.24. The highest BCUT2D eigenvalue weighted by Crippen LogP contribution is 2.42. The highest BCUT2D eigenvalue weighted by molar-refractivity contribution is 8.03. The molecule has 0 saturated heterocycles. The number of aliphatic imine (C=N–C) groups is 2. The molecule has 2 unspecified atom stereocenters. The van der Waals surface area contributed by atoms with E-state index in [1.165, 1.54) is 26.4 Å². The van der Waals surface area contributed by atoms with Crippen LogP contribution in [0.25, 0.3) is 0 Å². The highest BCUT2D eigenvalue weighted by Gasteiger charge is 2.35. The first kappa shape index (κ1) is 27.0. The van der Waals surface area contributed by atoms with Crippen LogP contribution in [0.2, 0.25) is 0 Å². The number of hydrogen-bond donors (Lipinski definition) is 1. The summed E-state index contributed by atoms with van der Waals surface area (Å²) in [5, 5.41) is 8.09. The van der Waals surface area contributed by atoms with Crippen molar-refractivity contribution in [1.29, 1.82) is 0 Å². The molecule has 0 amide bonds. The monoisotopic (exact) mass is 531 g/mol. The molecule has 0 bridgehead atoms. The number of rotatable bonds is 8. The van der Waals surface area contributed by atoms with Crippen LogP contribution in [0.1, 0.15) is 56.5 Å². The molecule has 196 valence electrons. The van der Waals surface area contributed by atoms with Crippen LogP contribution in [0, 0.1) is 6.92 Å². The van der Waals surface area contributed by atoms with Crippen LogP contribution in [0.5, 0.6) is 0 Å². The van der Waals surface area contributed by atoms with E-state index < -0.39 is 23.2 Å². The number of nitrogens with zero attached hydrogens (tertiary/aromatic N) is 4. The second-order valence-electron chi connectivity index (χ2n) is 9.56. The van der Waals surface area contributed by atoms with Crippen molar-refractivity contribution in [2.45, 2.75) is 76.2 Å². The van der Waals surface area contributed by atoms with E-state index in [0.717, 1.165) is 35.7 Å². The average Bonchev–Trinajstić information content (AvgIpc) is 3.53. The lowest BCUT2D eigenvalue weighted by atomic mass is 9.93. The predicted molar refractivity (Wildman–Crippen MR) is 140 cm³/mol. The van der Waals surface area contributed by atoms with Crippen molar-refractivity contribution in [1.82, 2.24) is 15.2 Å². The molecule has 10 heteroatoms. The van der Waals surface area contributed by atoms with Gasteiger partial charge in [0.2, 0.25) is 0 Å². The standard InChI is InChI=1S/C27H29F4N5S/c1-15(2)25(27(29,30)31)37-24-10-18(6-5-16(24)3)9-21(26-34-14-35-36-26)23-11-19(12-32-20-7-8-20)17(4)22(28)13-33-23/h5-6,10-14,20-22H,7-9H2,1-4H3,(H,34,35,36)/b32-12+. The Morgan fingerprint density at radius 2 is 2.00 bits per heavy atom. The molecule has 4 rings (SSSR count). The summed E-state index contributed by atoms with van der Waals surface area (Å²) < 4.78 is 55.6. The maximum atomic E-state index is 14.8. The fourth-order valence-electron chi connectivity index (χ4n) is 3.87. The van der Waals surface area contributed by atoms with Crippen molar-refractivity contribution in [3.8, 4) is 0 Å². The van der Waals surface area contributed by atoms with Crippen LogP contribution in [-0.2, 0) is 6.42 Å². The number of allylic oxidation sites excluding steroid dienone is 6. The van der Waals surface area contributed by atoms with E-state index in [9.17, 15) is 17.6 Å². The molecular weight excluding hydrogens is 502 g/mol. The van der Waals surface area contributed by atoms with Crippen molar-refractivity contribution >= 4 is 24.2 Å². The number of aryl methyl sites for hydroxylation is 1. The predicted octanol–water partition coefficient (Wildman–Crippen LogP) is 7.24. The minimum absolute atomic E-state index is 0.211. The number of aromatic amines is 1.